The first-order valence-corrected chi connectivity index (χ1v) is 7.53. The van der Waals surface area contributed by atoms with Crippen molar-refractivity contribution in [3.8, 4) is 0 Å². The zero-order valence-corrected chi connectivity index (χ0v) is 12.3. The van der Waals surface area contributed by atoms with Crippen LogP contribution in [0.5, 0.6) is 0 Å². The number of hydrogen-bond acceptors (Lipinski definition) is 4. The molecule has 112 valence electrons. The van der Waals surface area contributed by atoms with Crippen molar-refractivity contribution in [2.75, 3.05) is 25.0 Å². The second-order valence-corrected chi connectivity index (χ2v) is 5.75. The summed E-state index contributed by atoms with van der Waals surface area (Å²) in [4.78, 5) is 27.1. The minimum Gasteiger partial charge on any atom is -0.371 e. The first kappa shape index (κ1) is 14.1. The van der Waals surface area contributed by atoms with Gasteiger partial charge in [-0.3, -0.25) is 14.5 Å². The van der Waals surface area contributed by atoms with E-state index in [4.69, 9.17) is 0 Å². The lowest BCUT2D eigenvalue weighted by Gasteiger charge is -2.22. The van der Waals surface area contributed by atoms with E-state index < -0.39 is 0 Å². The number of hydrogen-bond donors (Lipinski definition) is 1. The molecule has 2 aliphatic rings. The van der Waals surface area contributed by atoms with Crippen LogP contribution in [-0.4, -0.2) is 42.9 Å². The Kier molecular flexibility index (Phi) is 3.92. The fourth-order valence-corrected chi connectivity index (χ4v) is 3.08. The molecule has 1 aromatic carbocycles. The lowest BCUT2D eigenvalue weighted by atomic mass is 10.1. The Morgan fingerprint density at radius 1 is 1.19 bits per heavy atom. The standard InChI is InChI=1S/C16H21N3O2/c1-18-15(20)10-13(16(18)21)17-11-12-6-2-3-7-14(12)19-8-4-5-9-19/h2-3,6-7,13,17H,4-5,8-11H2,1H3. The summed E-state index contributed by atoms with van der Waals surface area (Å²) < 4.78 is 0. The number of likely N-dealkylation sites (N-methyl/N-ethyl adjacent to an activating group) is 1. The van der Waals surface area contributed by atoms with Crippen molar-refractivity contribution >= 4 is 17.5 Å². The smallest absolute Gasteiger partial charge is 0.246 e. The number of nitrogens with zero attached hydrogens (tertiary/aromatic N) is 2. The van der Waals surface area contributed by atoms with Gasteiger partial charge in [-0.15, -0.1) is 0 Å². The highest BCUT2D eigenvalue weighted by atomic mass is 16.2. The maximum atomic E-state index is 11.9. The molecule has 5 heteroatoms. The second kappa shape index (κ2) is 5.85. The Labute approximate surface area is 124 Å². The Morgan fingerprint density at radius 2 is 1.90 bits per heavy atom. The van der Waals surface area contributed by atoms with Crippen LogP contribution < -0.4 is 10.2 Å². The summed E-state index contributed by atoms with van der Waals surface area (Å²) in [5.74, 6) is -0.232. The average molecular weight is 287 g/mol. The van der Waals surface area contributed by atoms with Gasteiger partial charge in [0.05, 0.1) is 12.5 Å². The van der Waals surface area contributed by atoms with E-state index in [2.05, 4.69) is 28.4 Å². The summed E-state index contributed by atoms with van der Waals surface area (Å²) >= 11 is 0. The third-order valence-corrected chi connectivity index (χ3v) is 4.36. The lowest BCUT2D eigenvalue weighted by molar-refractivity contribution is -0.137. The predicted octanol–water partition coefficient (Wildman–Crippen LogP) is 1.13. The number of carbonyl (C=O) groups is 2. The molecule has 2 saturated heterocycles. The molecule has 0 aromatic heterocycles. The fourth-order valence-electron chi connectivity index (χ4n) is 3.08. The molecule has 2 aliphatic heterocycles. The number of para-hydroxylation sites is 1. The van der Waals surface area contributed by atoms with Crippen LogP contribution in [0.3, 0.4) is 0 Å². The maximum Gasteiger partial charge on any atom is 0.246 e. The number of likely N-dealkylation sites (tertiary alicyclic amines) is 1. The quantitative estimate of drug-likeness (QED) is 0.844. The number of amides is 2. The Balaban J connectivity index is 1.68. The van der Waals surface area contributed by atoms with Gasteiger partial charge in [0, 0.05) is 32.4 Å². The highest BCUT2D eigenvalue weighted by Gasteiger charge is 2.35. The monoisotopic (exact) mass is 287 g/mol. The summed E-state index contributed by atoms with van der Waals surface area (Å²) in [6.45, 7) is 2.81. The molecule has 5 nitrogen and oxygen atoms in total. The summed E-state index contributed by atoms with van der Waals surface area (Å²) in [7, 11) is 1.55. The molecule has 2 amide bonds. The summed E-state index contributed by atoms with van der Waals surface area (Å²) in [5, 5.41) is 3.23. The van der Waals surface area contributed by atoms with Gasteiger partial charge in [-0.05, 0) is 24.5 Å². The van der Waals surface area contributed by atoms with Crippen LogP contribution in [0.25, 0.3) is 0 Å². The van der Waals surface area contributed by atoms with Crippen molar-refractivity contribution < 1.29 is 9.59 Å². The molecule has 0 radical (unpaired) electrons. The fraction of sp³-hybridized carbons (Fsp3) is 0.500. The Morgan fingerprint density at radius 3 is 2.57 bits per heavy atom. The Bertz CT molecular complexity index is 552. The minimum atomic E-state index is -0.380. The van der Waals surface area contributed by atoms with Crippen LogP contribution in [0.2, 0.25) is 0 Å². The highest BCUT2D eigenvalue weighted by Crippen LogP contribution is 2.24. The third-order valence-electron chi connectivity index (χ3n) is 4.36. The number of imide groups is 1. The van der Waals surface area contributed by atoms with Gasteiger partial charge in [0.25, 0.3) is 0 Å². The first-order valence-electron chi connectivity index (χ1n) is 7.53. The van der Waals surface area contributed by atoms with Crippen LogP contribution in [-0.2, 0) is 16.1 Å². The number of anilines is 1. The summed E-state index contributed by atoms with van der Waals surface area (Å²) in [5.41, 5.74) is 2.43. The van der Waals surface area contributed by atoms with Crippen molar-refractivity contribution in [3.05, 3.63) is 29.8 Å². The minimum absolute atomic E-state index is 0.106. The Hall–Kier alpha value is -1.88. The van der Waals surface area contributed by atoms with E-state index in [0.29, 0.717) is 6.54 Å². The van der Waals surface area contributed by atoms with Gasteiger partial charge in [-0.1, -0.05) is 18.2 Å². The molecular formula is C16H21N3O2. The summed E-state index contributed by atoms with van der Waals surface area (Å²) in [6.07, 6.45) is 2.74. The lowest BCUT2D eigenvalue weighted by Crippen LogP contribution is -2.37. The van der Waals surface area contributed by atoms with Crippen molar-refractivity contribution in [3.63, 3.8) is 0 Å². The number of carbonyl (C=O) groups excluding carboxylic acids is 2. The molecule has 1 N–H and O–H groups in total. The molecule has 21 heavy (non-hydrogen) atoms. The van der Waals surface area contributed by atoms with E-state index in [-0.39, 0.29) is 24.3 Å². The van der Waals surface area contributed by atoms with Gasteiger partial charge in [0.1, 0.15) is 0 Å². The van der Waals surface area contributed by atoms with Gasteiger partial charge in [-0.2, -0.15) is 0 Å². The van der Waals surface area contributed by atoms with E-state index in [1.807, 2.05) is 6.07 Å². The summed E-state index contributed by atoms with van der Waals surface area (Å²) in [6, 6.07) is 7.91. The van der Waals surface area contributed by atoms with Crippen molar-refractivity contribution in [1.82, 2.24) is 10.2 Å². The topological polar surface area (TPSA) is 52.7 Å². The van der Waals surface area contributed by atoms with Gasteiger partial charge in [0.15, 0.2) is 0 Å². The molecule has 1 unspecified atom stereocenters. The predicted molar refractivity (Wildman–Crippen MR) is 80.9 cm³/mol. The van der Waals surface area contributed by atoms with Crippen LogP contribution in [0.1, 0.15) is 24.8 Å². The van der Waals surface area contributed by atoms with Gasteiger partial charge in [0.2, 0.25) is 11.8 Å². The van der Waals surface area contributed by atoms with Gasteiger partial charge >= 0.3 is 0 Å². The number of benzene rings is 1. The molecule has 0 spiro atoms. The molecule has 2 fully saturated rings. The zero-order valence-electron chi connectivity index (χ0n) is 12.3. The zero-order chi connectivity index (χ0) is 14.8. The van der Waals surface area contributed by atoms with Crippen molar-refractivity contribution in [2.24, 2.45) is 0 Å². The molecule has 3 rings (SSSR count). The van der Waals surface area contributed by atoms with E-state index in [9.17, 15) is 9.59 Å². The maximum absolute atomic E-state index is 11.9. The van der Waals surface area contributed by atoms with Gasteiger partial charge in [-0.25, -0.2) is 0 Å². The molecule has 0 aliphatic carbocycles. The normalized spacial score (nSPS) is 22.4. The molecule has 1 aromatic rings. The number of nitrogens with one attached hydrogen (secondary N) is 1. The van der Waals surface area contributed by atoms with E-state index in [1.165, 1.54) is 29.0 Å². The van der Waals surface area contributed by atoms with Crippen LogP contribution in [0.4, 0.5) is 5.69 Å². The van der Waals surface area contributed by atoms with Crippen LogP contribution in [0.15, 0.2) is 24.3 Å². The SMILES string of the molecule is CN1C(=O)CC(NCc2ccccc2N2CCCC2)C1=O. The van der Waals surface area contributed by atoms with E-state index >= 15 is 0 Å². The van der Waals surface area contributed by atoms with Crippen LogP contribution >= 0.6 is 0 Å². The largest absolute Gasteiger partial charge is 0.371 e. The molecule has 1 atom stereocenters. The van der Waals surface area contributed by atoms with Crippen molar-refractivity contribution in [2.45, 2.75) is 31.8 Å². The van der Waals surface area contributed by atoms with Crippen LogP contribution in [0, 0.1) is 0 Å². The first-order chi connectivity index (χ1) is 10.2. The third kappa shape index (κ3) is 2.78. The molecular weight excluding hydrogens is 266 g/mol. The van der Waals surface area contributed by atoms with E-state index in [0.717, 1.165) is 13.1 Å². The van der Waals surface area contributed by atoms with E-state index in [1.54, 1.807) is 7.05 Å². The van der Waals surface area contributed by atoms with Crippen molar-refractivity contribution in [1.29, 1.82) is 0 Å². The molecule has 0 bridgehead atoms. The molecule has 2 heterocycles. The highest BCUT2D eigenvalue weighted by molar-refractivity contribution is 6.05. The number of rotatable bonds is 4. The average Bonchev–Trinajstić information content (AvgIpc) is 3.11. The van der Waals surface area contributed by atoms with Gasteiger partial charge < -0.3 is 10.2 Å². The second-order valence-electron chi connectivity index (χ2n) is 5.75. The molecule has 0 saturated carbocycles.